The fraction of sp³-hybridized carbons (Fsp3) is 0.375. The van der Waals surface area contributed by atoms with Gasteiger partial charge in [-0.25, -0.2) is 4.99 Å². The molecule has 10 heteroatoms. The Morgan fingerprint density at radius 3 is 2.56 bits per heavy atom. The molecule has 182 valence electrons. The molecule has 1 fully saturated rings. The molecule has 34 heavy (non-hydrogen) atoms. The first-order valence-corrected chi connectivity index (χ1v) is 11.1. The number of likely N-dealkylation sites (tertiary alicyclic amines) is 1. The number of hydrogen-bond acceptors (Lipinski definition) is 7. The highest BCUT2D eigenvalue weighted by atomic mass is 19.4. The molecule has 2 aliphatic heterocycles. The molecule has 4 rings (SSSR count). The van der Waals surface area contributed by atoms with Crippen LogP contribution in [0.2, 0.25) is 0 Å². The highest BCUT2D eigenvalue weighted by molar-refractivity contribution is 5.81. The second-order valence-corrected chi connectivity index (χ2v) is 8.33. The molecule has 0 radical (unpaired) electrons. The average molecular weight is 476 g/mol. The van der Waals surface area contributed by atoms with Crippen LogP contribution >= 0.6 is 0 Å². The van der Waals surface area contributed by atoms with Crippen LogP contribution in [0, 0.1) is 0 Å². The minimum absolute atomic E-state index is 0.320. The molecule has 1 saturated heterocycles. The Labute approximate surface area is 196 Å². The SMILES string of the molecule is CC1=C(Nc2cccc(OC(F)(F)F)c2)NC(N)(c2ccc(OCCN3CCCC3)cc2)N=C1. The monoisotopic (exact) mass is 475 g/mol. The summed E-state index contributed by atoms with van der Waals surface area (Å²) in [6, 6.07) is 13.0. The van der Waals surface area contributed by atoms with Crippen LogP contribution in [0.4, 0.5) is 18.9 Å². The molecule has 7 nitrogen and oxygen atoms in total. The predicted octanol–water partition coefficient (Wildman–Crippen LogP) is 4.15. The minimum atomic E-state index is -4.76. The third kappa shape index (κ3) is 6.21. The van der Waals surface area contributed by atoms with Crippen molar-refractivity contribution < 1.29 is 22.6 Å². The summed E-state index contributed by atoms with van der Waals surface area (Å²) < 4.78 is 47.5. The summed E-state index contributed by atoms with van der Waals surface area (Å²) in [6.07, 6.45) is -0.647. The number of anilines is 1. The van der Waals surface area contributed by atoms with Crippen LogP contribution in [0.3, 0.4) is 0 Å². The summed E-state index contributed by atoms with van der Waals surface area (Å²) in [4.78, 5) is 6.82. The molecule has 4 N–H and O–H groups in total. The van der Waals surface area contributed by atoms with Crippen molar-refractivity contribution in [2.24, 2.45) is 10.7 Å². The van der Waals surface area contributed by atoms with E-state index in [1.165, 1.54) is 31.0 Å². The van der Waals surface area contributed by atoms with Gasteiger partial charge < -0.3 is 20.1 Å². The van der Waals surface area contributed by atoms with E-state index in [2.05, 4.69) is 25.3 Å². The lowest BCUT2D eigenvalue weighted by molar-refractivity contribution is -0.274. The zero-order valence-electron chi connectivity index (χ0n) is 18.9. The second kappa shape index (κ2) is 9.94. The van der Waals surface area contributed by atoms with E-state index in [-0.39, 0.29) is 5.75 Å². The van der Waals surface area contributed by atoms with Crippen molar-refractivity contribution in [2.75, 3.05) is 31.6 Å². The van der Waals surface area contributed by atoms with Gasteiger partial charge in [0.2, 0.25) is 5.79 Å². The van der Waals surface area contributed by atoms with Crippen LogP contribution in [-0.4, -0.2) is 43.7 Å². The Morgan fingerprint density at radius 2 is 1.85 bits per heavy atom. The smallest absolute Gasteiger partial charge is 0.492 e. The Kier molecular flexibility index (Phi) is 6.99. The van der Waals surface area contributed by atoms with Gasteiger partial charge in [-0.3, -0.25) is 10.6 Å². The predicted molar refractivity (Wildman–Crippen MR) is 125 cm³/mol. The number of ether oxygens (including phenoxy) is 2. The van der Waals surface area contributed by atoms with Gasteiger partial charge in [0.15, 0.2) is 0 Å². The molecular weight excluding hydrogens is 447 g/mol. The summed E-state index contributed by atoms with van der Waals surface area (Å²) >= 11 is 0. The van der Waals surface area contributed by atoms with Crippen molar-refractivity contribution in [1.29, 1.82) is 0 Å². The number of alkyl halides is 3. The van der Waals surface area contributed by atoms with Crippen molar-refractivity contribution in [3.63, 3.8) is 0 Å². The molecule has 1 atom stereocenters. The number of rotatable bonds is 8. The maximum Gasteiger partial charge on any atom is 0.573 e. The first kappa shape index (κ1) is 23.9. The Hall–Kier alpha value is -3.24. The Balaban J connectivity index is 1.39. The normalized spacial score (nSPS) is 20.9. The lowest BCUT2D eigenvalue weighted by Gasteiger charge is -2.33. The van der Waals surface area contributed by atoms with Crippen LogP contribution in [-0.2, 0) is 5.79 Å². The summed E-state index contributed by atoms with van der Waals surface area (Å²) in [5.41, 5.74) is 8.38. The quantitative estimate of drug-likeness (QED) is 0.532. The van der Waals surface area contributed by atoms with Crippen LogP contribution in [0.25, 0.3) is 0 Å². The molecule has 1 unspecified atom stereocenters. The molecule has 0 aliphatic carbocycles. The van der Waals surface area contributed by atoms with Gasteiger partial charge >= 0.3 is 6.36 Å². The topological polar surface area (TPSA) is 84.1 Å². The fourth-order valence-electron chi connectivity index (χ4n) is 3.88. The Morgan fingerprint density at radius 1 is 1.12 bits per heavy atom. The first-order chi connectivity index (χ1) is 16.2. The molecule has 0 aromatic heterocycles. The van der Waals surface area contributed by atoms with Crippen molar-refractivity contribution in [3.05, 3.63) is 65.5 Å². The molecule has 0 spiro atoms. The van der Waals surface area contributed by atoms with E-state index in [4.69, 9.17) is 10.5 Å². The molecule has 0 amide bonds. The van der Waals surface area contributed by atoms with Gasteiger partial charge in [-0.05, 0) is 69.3 Å². The molecule has 0 bridgehead atoms. The summed E-state index contributed by atoms with van der Waals surface area (Å²) in [5.74, 6) is -0.305. The zero-order chi connectivity index (χ0) is 24.2. The van der Waals surface area contributed by atoms with Gasteiger partial charge in [0.1, 0.15) is 23.9 Å². The third-order valence-corrected chi connectivity index (χ3v) is 5.68. The zero-order valence-corrected chi connectivity index (χ0v) is 18.9. The van der Waals surface area contributed by atoms with E-state index >= 15 is 0 Å². The minimum Gasteiger partial charge on any atom is -0.492 e. The van der Waals surface area contributed by atoms with Crippen molar-refractivity contribution >= 4 is 11.9 Å². The fourth-order valence-corrected chi connectivity index (χ4v) is 3.88. The standard InChI is InChI=1S/C24H28F3N5O2/c1-17-16-29-23(28,18-7-9-20(10-8-18)33-14-13-32-11-2-3-12-32)31-22(17)30-19-5-4-6-21(15-19)34-24(25,26)27/h4-10,15-16,30-31H,2-3,11-14,28H2,1H3. The van der Waals surface area contributed by atoms with Gasteiger partial charge in [-0.1, -0.05) is 6.07 Å². The van der Waals surface area contributed by atoms with Crippen molar-refractivity contribution in [1.82, 2.24) is 10.2 Å². The average Bonchev–Trinajstić information content (AvgIpc) is 3.30. The van der Waals surface area contributed by atoms with E-state index in [0.717, 1.165) is 31.0 Å². The van der Waals surface area contributed by atoms with Crippen LogP contribution in [0.15, 0.2) is 64.9 Å². The van der Waals surface area contributed by atoms with E-state index in [1.807, 2.05) is 31.2 Å². The van der Waals surface area contributed by atoms with Crippen LogP contribution < -0.4 is 25.8 Å². The number of nitrogens with two attached hydrogens (primary N) is 1. The number of nitrogens with zero attached hydrogens (tertiary/aromatic N) is 2. The summed E-state index contributed by atoms with van der Waals surface area (Å²) in [7, 11) is 0. The molecule has 2 aliphatic rings. The number of halogens is 3. The third-order valence-electron chi connectivity index (χ3n) is 5.68. The van der Waals surface area contributed by atoms with Gasteiger partial charge in [0.25, 0.3) is 0 Å². The molecule has 2 aromatic carbocycles. The van der Waals surface area contributed by atoms with Crippen molar-refractivity contribution in [3.8, 4) is 11.5 Å². The lowest BCUT2D eigenvalue weighted by atomic mass is 10.1. The number of hydrogen-bond donors (Lipinski definition) is 3. The number of nitrogens with one attached hydrogen (secondary N) is 2. The number of aliphatic imine (C=N–C) groups is 1. The summed E-state index contributed by atoms with van der Waals surface area (Å²) in [6.45, 7) is 5.60. The Bertz CT molecular complexity index is 1050. The van der Waals surface area contributed by atoms with Gasteiger partial charge in [0.05, 0.1) is 0 Å². The van der Waals surface area contributed by atoms with Gasteiger partial charge in [0, 0.05) is 35.6 Å². The lowest BCUT2D eigenvalue weighted by Crippen LogP contribution is -2.51. The maximum atomic E-state index is 12.5. The summed E-state index contributed by atoms with van der Waals surface area (Å²) in [5, 5.41) is 6.22. The van der Waals surface area contributed by atoms with E-state index in [9.17, 15) is 13.2 Å². The highest BCUT2D eigenvalue weighted by Gasteiger charge is 2.32. The maximum absolute atomic E-state index is 12.5. The van der Waals surface area contributed by atoms with Gasteiger partial charge in [-0.15, -0.1) is 13.2 Å². The van der Waals surface area contributed by atoms with Gasteiger partial charge in [-0.2, -0.15) is 0 Å². The number of allylic oxidation sites excluding steroid dienone is 1. The van der Waals surface area contributed by atoms with Crippen molar-refractivity contribution in [2.45, 2.75) is 31.9 Å². The van der Waals surface area contributed by atoms with E-state index in [0.29, 0.717) is 23.7 Å². The molecule has 0 saturated carbocycles. The first-order valence-electron chi connectivity index (χ1n) is 11.1. The van der Waals surface area contributed by atoms with Crippen LogP contribution in [0.5, 0.6) is 11.5 Å². The molecule has 2 heterocycles. The largest absolute Gasteiger partial charge is 0.573 e. The number of benzene rings is 2. The molecular formula is C24H28F3N5O2. The van der Waals surface area contributed by atoms with E-state index < -0.39 is 12.1 Å². The second-order valence-electron chi connectivity index (χ2n) is 8.33. The molecule has 2 aromatic rings. The van der Waals surface area contributed by atoms with E-state index in [1.54, 1.807) is 12.3 Å². The van der Waals surface area contributed by atoms with Crippen LogP contribution in [0.1, 0.15) is 25.3 Å². The highest BCUT2D eigenvalue weighted by Crippen LogP contribution is 2.28.